The Labute approximate surface area is 148 Å². The van der Waals surface area contributed by atoms with E-state index in [-0.39, 0.29) is 10.6 Å². The summed E-state index contributed by atoms with van der Waals surface area (Å²) in [6.45, 7) is 3.21. The minimum Gasteiger partial charge on any atom is -0.452 e. The molecule has 0 saturated carbocycles. The molecule has 7 nitrogen and oxygen atoms in total. The number of benzene rings is 2. The van der Waals surface area contributed by atoms with Gasteiger partial charge in [-0.3, -0.25) is 14.9 Å². The van der Waals surface area contributed by atoms with Gasteiger partial charge in [-0.25, -0.2) is 4.79 Å². The monoisotopic (exact) mass is 362 g/mol. The highest BCUT2D eigenvalue weighted by Gasteiger charge is 2.22. The third-order valence-electron chi connectivity index (χ3n) is 3.22. The number of halogens is 1. The summed E-state index contributed by atoms with van der Waals surface area (Å²) < 4.78 is 4.85. The minimum absolute atomic E-state index is 0.150. The van der Waals surface area contributed by atoms with Crippen molar-refractivity contribution < 1.29 is 19.2 Å². The van der Waals surface area contributed by atoms with Crippen molar-refractivity contribution in [2.24, 2.45) is 0 Å². The van der Waals surface area contributed by atoms with Crippen LogP contribution in [-0.4, -0.2) is 23.4 Å². The number of ether oxygens (including phenoxy) is 1. The summed E-state index contributed by atoms with van der Waals surface area (Å²) in [5.74, 6) is -1.55. The van der Waals surface area contributed by atoms with E-state index in [1.807, 2.05) is 19.9 Å². The SMILES string of the molecule is Cc1cc(C)cc(NC(=O)COC(=O)c2cc(Cl)ccc2[N+](=O)[O-])c1. The number of nitro benzene ring substituents is 1. The first-order valence-electron chi connectivity index (χ1n) is 7.25. The molecule has 0 aliphatic carbocycles. The number of amides is 1. The van der Waals surface area contributed by atoms with Crippen molar-refractivity contribution in [2.75, 3.05) is 11.9 Å². The van der Waals surface area contributed by atoms with E-state index < -0.39 is 29.1 Å². The van der Waals surface area contributed by atoms with Crippen LogP contribution >= 0.6 is 11.6 Å². The van der Waals surface area contributed by atoms with Crippen LogP contribution in [-0.2, 0) is 9.53 Å². The van der Waals surface area contributed by atoms with Gasteiger partial charge in [-0.05, 0) is 49.2 Å². The summed E-state index contributed by atoms with van der Waals surface area (Å²) in [4.78, 5) is 34.2. The lowest BCUT2D eigenvalue weighted by Gasteiger charge is -2.08. The molecule has 0 aliphatic rings. The fourth-order valence-corrected chi connectivity index (χ4v) is 2.46. The van der Waals surface area contributed by atoms with Gasteiger partial charge in [-0.1, -0.05) is 17.7 Å². The molecule has 0 heterocycles. The predicted molar refractivity (Wildman–Crippen MR) is 92.9 cm³/mol. The first-order valence-corrected chi connectivity index (χ1v) is 7.63. The molecule has 0 saturated heterocycles. The zero-order chi connectivity index (χ0) is 18.6. The van der Waals surface area contributed by atoms with Gasteiger partial charge in [0.05, 0.1) is 4.92 Å². The molecule has 0 fully saturated rings. The van der Waals surface area contributed by atoms with E-state index in [9.17, 15) is 19.7 Å². The van der Waals surface area contributed by atoms with Gasteiger partial charge in [0.1, 0.15) is 5.56 Å². The van der Waals surface area contributed by atoms with E-state index in [1.165, 1.54) is 6.07 Å². The number of nitro groups is 1. The van der Waals surface area contributed by atoms with Crippen LogP contribution in [0.2, 0.25) is 5.02 Å². The number of hydrogen-bond acceptors (Lipinski definition) is 5. The lowest BCUT2D eigenvalue weighted by molar-refractivity contribution is -0.385. The quantitative estimate of drug-likeness (QED) is 0.497. The topological polar surface area (TPSA) is 98.5 Å². The van der Waals surface area contributed by atoms with Crippen molar-refractivity contribution in [1.29, 1.82) is 0 Å². The highest BCUT2D eigenvalue weighted by Crippen LogP contribution is 2.23. The number of hydrogen-bond donors (Lipinski definition) is 1. The Balaban J connectivity index is 2.03. The molecular weight excluding hydrogens is 348 g/mol. The van der Waals surface area contributed by atoms with Crippen LogP contribution in [0.4, 0.5) is 11.4 Å². The molecule has 2 rings (SSSR count). The Morgan fingerprint density at radius 3 is 2.40 bits per heavy atom. The molecule has 0 aromatic heterocycles. The van der Waals surface area contributed by atoms with Crippen molar-refractivity contribution >= 4 is 34.9 Å². The van der Waals surface area contributed by atoms with Gasteiger partial charge in [0, 0.05) is 16.8 Å². The van der Waals surface area contributed by atoms with Crippen LogP contribution in [0.5, 0.6) is 0 Å². The lowest BCUT2D eigenvalue weighted by atomic mass is 10.1. The van der Waals surface area contributed by atoms with Gasteiger partial charge in [0.15, 0.2) is 6.61 Å². The Morgan fingerprint density at radius 1 is 1.16 bits per heavy atom. The number of carbonyl (C=O) groups is 2. The average Bonchev–Trinajstić information content (AvgIpc) is 2.51. The van der Waals surface area contributed by atoms with E-state index in [2.05, 4.69) is 5.32 Å². The predicted octanol–water partition coefficient (Wildman–Crippen LogP) is 3.66. The molecular formula is C17H15ClN2O5. The normalized spacial score (nSPS) is 10.2. The molecule has 0 spiro atoms. The highest BCUT2D eigenvalue weighted by atomic mass is 35.5. The molecule has 8 heteroatoms. The highest BCUT2D eigenvalue weighted by molar-refractivity contribution is 6.31. The standard InChI is InChI=1S/C17H15ClN2O5/c1-10-5-11(2)7-13(6-10)19-16(21)9-25-17(22)14-8-12(18)3-4-15(14)20(23)24/h3-8H,9H2,1-2H3,(H,19,21). The first kappa shape index (κ1) is 18.4. The van der Waals surface area contributed by atoms with Gasteiger partial charge in [0.2, 0.25) is 0 Å². The van der Waals surface area contributed by atoms with Crippen LogP contribution in [0.3, 0.4) is 0 Å². The molecule has 1 amide bonds. The fraction of sp³-hybridized carbons (Fsp3) is 0.176. The zero-order valence-corrected chi connectivity index (χ0v) is 14.3. The summed E-state index contributed by atoms with van der Waals surface area (Å²) in [6.07, 6.45) is 0. The second-order valence-electron chi connectivity index (χ2n) is 5.42. The molecule has 0 atom stereocenters. The van der Waals surface area contributed by atoms with Gasteiger partial charge >= 0.3 is 5.97 Å². The summed E-state index contributed by atoms with van der Waals surface area (Å²) >= 11 is 5.76. The smallest absolute Gasteiger partial charge is 0.345 e. The molecule has 0 unspecified atom stereocenters. The Bertz CT molecular complexity index is 831. The number of nitrogens with zero attached hydrogens (tertiary/aromatic N) is 1. The molecule has 2 aromatic rings. The number of aryl methyl sites for hydroxylation is 2. The van der Waals surface area contributed by atoms with Crippen LogP contribution in [0.1, 0.15) is 21.5 Å². The molecule has 1 N–H and O–H groups in total. The van der Waals surface area contributed by atoms with Crippen molar-refractivity contribution in [2.45, 2.75) is 13.8 Å². The largest absolute Gasteiger partial charge is 0.452 e. The molecule has 0 aliphatic heterocycles. The third kappa shape index (κ3) is 5.02. The molecule has 0 bridgehead atoms. The number of rotatable bonds is 5. The van der Waals surface area contributed by atoms with Gasteiger partial charge < -0.3 is 10.1 Å². The Hall–Kier alpha value is -2.93. The summed E-state index contributed by atoms with van der Waals surface area (Å²) in [6, 6.07) is 9.03. The van der Waals surface area contributed by atoms with Gasteiger partial charge in [-0.2, -0.15) is 0 Å². The second-order valence-corrected chi connectivity index (χ2v) is 5.86. The number of anilines is 1. The van der Waals surface area contributed by atoms with E-state index in [1.54, 1.807) is 12.1 Å². The maximum absolute atomic E-state index is 12.0. The van der Waals surface area contributed by atoms with E-state index in [0.717, 1.165) is 23.3 Å². The first-order chi connectivity index (χ1) is 11.8. The maximum atomic E-state index is 12.0. The minimum atomic E-state index is -0.996. The molecule has 0 radical (unpaired) electrons. The van der Waals surface area contributed by atoms with E-state index in [0.29, 0.717) is 5.69 Å². The van der Waals surface area contributed by atoms with Gasteiger partial charge in [-0.15, -0.1) is 0 Å². The summed E-state index contributed by atoms with van der Waals surface area (Å²) in [7, 11) is 0. The molecule has 2 aromatic carbocycles. The number of carbonyl (C=O) groups excluding carboxylic acids is 2. The van der Waals surface area contributed by atoms with Crippen LogP contribution in [0, 0.1) is 24.0 Å². The van der Waals surface area contributed by atoms with Crippen molar-refractivity contribution in [3.63, 3.8) is 0 Å². The second kappa shape index (κ2) is 7.76. The van der Waals surface area contributed by atoms with Crippen molar-refractivity contribution in [3.05, 3.63) is 68.2 Å². The van der Waals surface area contributed by atoms with Gasteiger partial charge in [0.25, 0.3) is 11.6 Å². The van der Waals surface area contributed by atoms with E-state index in [4.69, 9.17) is 16.3 Å². The zero-order valence-electron chi connectivity index (χ0n) is 13.5. The molecule has 130 valence electrons. The fourth-order valence-electron chi connectivity index (χ4n) is 2.28. The number of esters is 1. The number of nitrogens with one attached hydrogen (secondary N) is 1. The summed E-state index contributed by atoms with van der Waals surface area (Å²) in [5.41, 5.74) is 1.77. The Kier molecular flexibility index (Phi) is 5.71. The summed E-state index contributed by atoms with van der Waals surface area (Å²) in [5, 5.41) is 13.7. The molecule has 25 heavy (non-hydrogen) atoms. The van der Waals surface area contributed by atoms with Crippen molar-refractivity contribution in [1.82, 2.24) is 0 Å². The van der Waals surface area contributed by atoms with Crippen molar-refractivity contribution in [3.8, 4) is 0 Å². The third-order valence-corrected chi connectivity index (χ3v) is 3.45. The average molecular weight is 363 g/mol. The van der Waals surface area contributed by atoms with Crippen LogP contribution in [0.15, 0.2) is 36.4 Å². The van der Waals surface area contributed by atoms with Crippen LogP contribution in [0.25, 0.3) is 0 Å². The van der Waals surface area contributed by atoms with E-state index >= 15 is 0 Å². The maximum Gasteiger partial charge on any atom is 0.345 e. The lowest BCUT2D eigenvalue weighted by Crippen LogP contribution is -2.21. The van der Waals surface area contributed by atoms with Crippen LogP contribution < -0.4 is 5.32 Å². The Morgan fingerprint density at radius 2 is 1.80 bits per heavy atom.